The van der Waals surface area contributed by atoms with Crippen molar-refractivity contribution in [3.8, 4) is 0 Å². The van der Waals surface area contributed by atoms with Crippen molar-refractivity contribution >= 4 is 35.6 Å². The Morgan fingerprint density at radius 3 is 2.14 bits per heavy atom. The van der Waals surface area contributed by atoms with Gasteiger partial charge in [0, 0.05) is 19.6 Å². The predicted octanol–water partition coefficient (Wildman–Crippen LogP) is 3.96. The highest BCUT2D eigenvalue weighted by atomic mass is 16.5. The molecule has 13 heteroatoms. The molecular weight excluding hydrogens is 652 g/mol. The van der Waals surface area contributed by atoms with Crippen LogP contribution in [0.15, 0.2) is 12.7 Å². The van der Waals surface area contributed by atoms with Crippen molar-refractivity contribution in [2.45, 2.75) is 135 Å². The number of Topliss-reactive ketones (excluding diaryl/α,β-unsaturated/α-hetero) is 1. The van der Waals surface area contributed by atoms with Gasteiger partial charge in [-0.2, -0.15) is 0 Å². The topological polar surface area (TPSA) is 175 Å². The summed E-state index contributed by atoms with van der Waals surface area (Å²) >= 11 is 0. The van der Waals surface area contributed by atoms with Crippen LogP contribution in [0.1, 0.15) is 111 Å². The summed E-state index contributed by atoms with van der Waals surface area (Å²) in [5, 5.41) is 14.1. The zero-order valence-electron chi connectivity index (χ0n) is 31.2. The minimum atomic E-state index is -1.02. The maximum Gasteiger partial charge on any atom is 0.407 e. The number of unbranched alkanes of at least 4 members (excludes halogenated alkanes) is 1. The molecule has 1 aliphatic heterocycles. The fourth-order valence-electron chi connectivity index (χ4n) is 8.73. The number of ketones is 1. The summed E-state index contributed by atoms with van der Waals surface area (Å²) < 4.78 is 5.47. The van der Waals surface area contributed by atoms with Crippen LogP contribution >= 0.6 is 0 Å². The van der Waals surface area contributed by atoms with E-state index in [-0.39, 0.29) is 48.1 Å². The fraction of sp³-hybridized carbons (Fsp3) is 0.789. The summed E-state index contributed by atoms with van der Waals surface area (Å²) in [6, 6.07) is -3.59. The minimum absolute atomic E-state index is 0.0301. The van der Waals surface area contributed by atoms with E-state index in [1.54, 1.807) is 11.8 Å². The van der Waals surface area contributed by atoms with Crippen LogP contribution in [0.3, 0.4) is 0 Å². The second-order valence-electron chi connectivity index (χ2n) is 15.6. The van der Waals surface area contributed by atoms with Gasteiger partial charge < -0.3 is 36.2 Å². The van der Waals surface area contributed by atoms with Gasteiger partial charge in [0.1, 0.15) is 18.7 Å². The van der Waals surface area contributed by atoms with Gasteiger partial charge in [-0.05, 0) is 68.1 Å². The molecule has 4 aliphatic rings. The molecule has 0 aromatic rings. The molecule has 3 aliphatic carbocycles. The van der Waals surface area contributed by atoms with Crippen LogP contribution < -0.4 is 26.6 Å². The molecule has 286 valence electrons. The van der Waals surface area contributed by atoms with Crippen molar-refractivity contribution in [3.63, 3.8) is 0 Å². The first kappa shape index (κ1) is 40.1. The Hall–Kier alpha value is -3.64. The normalized spacial score (nSPS) is 24.5. The van der Waals surface area contributed by atoms with E-state index in [2.05, 4.69) is 47.0 Å². The first-order chi connectivity index (χ1) is 24.4. The lowest BCUT2D eigenvalue weighted by atomic mass is 9.83. The first-order valence-electron chi connectivity index (χ1n) is 19.5. The van der Waals surface area contributed by atoms with E-state index in [4.69, 9.17) is 4.74 Å². The molecule has 0 bridgehead atoms. The fourth-order valence-corrected chi connectivity index (χ4v) is 8.73. The number of amides is 6. The third-order valence-electron chi connectivity index (χ3n) is 11.8. The van der Waals surface area contributed by atoms with Crippen molar-refractivity contribution in [2.24, 2.45) is 29.1 Å². The van der Waals surface area contributed by atoms with Crippen molar-refractivity contribution in [1.82, 2.24) is 31.5 Å². The molecular formula is C38H62N6O7. The van der Waals surface area contributed by atoms with E-state index in [1.165, 1.54) is 6.08 Å². The van der Waals surface area contributed by atoms with Crippen molar-refractivity contribution in [1.29, 1.82) is 0 Å². The van der Waals surface area contributed by atoms with Gasteiger partial charge >= 0.3 is 12.1 Å². The zero-order chi connectivity index (χ0) is 37.1. The number of ether oxygens (including phenoxy) is 1. The quantitative estimate of drug-likeness (QED) is 0.112. The number of carbonyl (C=O) groups excluding carboxylic acids is 6. The third kappa shape index (κ3) is 10.2. The maximum atomic E-state index is 14.7. The Bertz CT molecular complexity index is 1260. The number of alkyl carbamates (subject to hydrolysis) is 1. The lowest BCUT2D eigenvalue weighted by Crippen LogP contribution is -2.61. The first-order valence-corrected chi connectivity index (χ1v) is 19.5. The van der Waals surface area contributed by atoms with Crippen LogP contribution in [0.5, 0.6) is 0 Å². The third-order valence-corrected chi connectivity index (χ3v) is 11.8. The maximum absolute atomic E-state index is 14.7. The van der Waals surface area contributed by atoms with Crippen LogP contribution in [-0.4, -0.2) is 90.9 Å². The lowest BCUT2D eigenvalue weighted by Gasteiger charge is -2.37. The number of fused-ring (bicyclic) bond motifs is 1. The highest BCUT2D eigenvalue weighted by Crippen LogP contribution is 2.65. The standard InChI is InChI=1S/C38H62N6O7/c1-6-9-20-27(32(45)34(47)40-21-7-2)41-33(46)31-29-26(38(29,4)5)22-44(31)35(48)30(25-18-14-11-15-19-25)43-36(49)42-28(23-51-37(50)39-8-3)24-16-12-10-13-17-24/h7,24-31H,2,6,8-23H2,1,3-5H3,(H,39,50)(H,40,47)(H,41,46)(H2,42,43,49)/t26-,27?,28+,29-,30?,31?/m0/s1. The second-order valence-corrected chi connectivity index (χ2v) is 15.6. The largest absolute Gasteiger partial charge is 0.447 e. The molecule has 0 aromatic carbocycles. The van der Waals surface area contributed by atoms with Gasteiger partial charge in [0.2, 0.25) is 17.6 Å². The molecule has 1 heterocycles. The van der Waals surface area contributed by atoms with Crippen LogP contribution in [-0.2, 0) is 23.9 Å². The van der Waals surface area contributed by atoms with E-state index >= 15 is 0 Å². The molecule has 5 N–H and O–H groups in total. The average Bonchev–Trinajstić information content (AvgIpc) is 3.43. The molecule has 6 amide bonds. The van der Waals surface area contributed by atoms with Gasteiger partial charge in [-0.25, -0.2) is 9.59 Å². The number of piperidine rings is 1. The number of carbonyl (C=O) groups is 6. The van der Waals surface area contributed by atoms with Crippen LogP contribution in [0, 0.1) is 29.1 Å². The molecule has 0 aromatic heterocycles. The molecule has 13 nitrogen and oxygen atoms in total. The van der Waals surface area contributed by atoms with Crippen LogP contribution in [0.2, 0.25) is 0 Å². The summed E-state index contributed by atoms with van der Waals surface area (Å²) in [5.41, 5.74) is -0.175. The highest BCUT2D eigenvalue weighted by Gasteiger charge is 2.69. The Balaban J connectivity index is 1.53. The highest BCUT2D eigenvalue weighted by molar-refractivity contribution is 6.38. The number of urea groups is 1. The van der Waals surface area contributed by atoms with Gasteiger partial charge in [-0.15, -0.1) is 6.58 Å². The van der Waals surface area contributed by atoms with Gasteiger partial charge in [-0.3, -0.25) is 19.2 Å². The van der Waals surface area contributed by atoms with Gasteiger partial charge in [0.25, 0.3) is 5.91 Å². The Morgan fingerprint density at radius 2 is 1.53 bits per heavy atom. The summed E-state index contributed by atoms with van der Waals surface area (Å²) in [4.78, 5) is 82.1. The Labute approximate surface area is 303 Å². The number of likely N-dealkylation sites (tertiary alicyclic amines) is 1. The van der Waals surface area contributed by atoms with Gasteiger partial charge in [-0.1, -0.05) is 78.2 Å². The van der Waals surface area contributed by atoms with Gasteiger partial charge in [0.05, 0.1) is 12.1 Å². The average molecular weight is 715 g/mol. The van der Waals surface area contributed by atoms with E-state index in [1.807, 2.05) is 6.92 Å². The summed E-state index contributed by atoms with van der Waals surface area (Å²) in [6.45, 7) is 12.5. The molecule has 3 unspecified atom stereocenters. The number of rotatable bonds is 17. The van der Waals surface area contributed by atoms with Gasteiger partial charge in [0.15, 0.2) is 0 Å². The number of hydrogen-bond donors (Lipinski definition) is 5. The SMILES string of the molecule is C=CCNC(=O)C(=O)C(CCCC)NC(=O)C1[C@@H]2[C@H](CN1C(=O)C(NC(=O)N[C@H](COC(=O)NCC)C1CCCCC1)C1CCCCC1)C2(C)C. The summed E-state index contributed by atoms with van der Waals surface area (Å²) in [5.74, 6) is -2.21. The molecule has 3 saturated carbocycles. The second kappa shape index (κ2) is 18.7. The monoisotopic (exact) mass is 714 g/mol. The predicted molar refractivity (Wildman–Crippen MR) is 193 cm³/mol. The summed E-state index contributed by atoms with van der Waals surface area (Å²) in [7, 11) is 0. The molecule has 4 rings (SSSR count). The molecule has 1 saturated heterocycles. The number of nitrogens with one attached hydrogen (secondary N) is 5. The minimum Gasteiger partial charge on any atom is -0.447 e. The smallest absolute Gasteiger partial charge is 0.407 e. The van der Waals surface area contributed by atoms with Crippen molar-refractivity contribution < 1.29 is 33.5 Å². The zero-order valence-corrected chi connectivity index (χ0v) is 31.2. The number of nitrogens with zero attached hydrogens (tertiary/aromatic N) is 1. The van der Waals surface area contributed by atoms with Crippen LogP contribution in [0.25, 0.3) is 0 Å². The lowest BCUT2D eigenvalue weighted by molar-refractivity contribution is -0.144. The van der Waals surface area contributed by atoms with Crippen molar-refractivity contribution in [2.75, 3.05) is 26.2 Å². The van der Waals surface area contributed by atoms with Crippen molar-refractivity contribution in [3.05, 3.63) is 12.7 Å². The molecule has 0 spiro atoms. The van der Waals surface area contributed by atoms with Crippen LogP contribution in [0.4, 0.5) is 9.59 Å². The Kier molecular flexibility index (Phi) is 14.7. The molecule has 0 radical (unpaired) electrons. The molecule has 4 fully saturated rings. The van der Waals surface area contributed by atoms with E-state index in [0.717, 1.165) is 70.6 Å². The van der Waals surface area contributed by atoms with E-state index in [9.17, 15) is 28.8 Å². The summed E-state index contributed by atoms with van der Waals surface area (Å²) in [6.07, 6.45) is 12.2. The molecule has 6 atom stereocenters. The Morgan fingerprint density at radius 1 is 0.882 bits per heavy atom. The van der Waals surface area contributed by atoms with E-state index in [0.29, 0.717) is 25.9 Å². The number of hydrogen-bond acceptors (Lipinski definition) is 7. The molecule has 51 heavy (non-hydrogen) atoms. The van der Waals surface area contributed by atoms with E-state index < -0.39 is 53.9 Å².